The molecule has 1 aromatic carbocycles. The van der Waals surface area contributed by atoms with Crippen LogP contribution in [0.15, 0.2) is 42.0 Å². The number of fused-ring (bicyclic) bond motifs is 2. The highest BCUT2D eigenvalue weighted by molar-refractivity contribution is 6.90. The molecular formula is C20H23BN. The maximum Gasteiger partial charge on any atom is 0.237 e. The van der Waals surface area contributed by atoms with E-state index in [1.165, 1.54) is 61.6 Å². The predicted molar refractivity (Wildman–Crippen MR) is 95.4 cm³/mol. The fraction of sp³-hybridized carbons (Fsp3) is 0.450. The Labute approximate surface area is 133 Å². The molecule has 0 N–H and O–H groups in total. The highest BCUT2D eigenvalue weighted by Gasteiger charge is 2.53. The van der Waals surface area contributed by atoms with Crippen molar-refractivity contribution in [3.05, 3.63) is 53.1 Å². The molecule has 4 aliphatic heterocycles. The second kappa shape index (κ2) is 4.71. The van der Waals surface area contributed by atoms with Crippen molar-refractivity contribution in [3.63, 3.8) is 0 Å². The van der Waals surface area contributed by atoms with Crippen molar-refractivity contribution in [1.82, 2.24) is 4.99 Å². The number of rotatable bonds is 0. The first-order valence-corrected chi connectivity index (χ1v) is 9.11. The minimum atomic E-state index is -0.490. The van der Waals surface area contributed by atoms with Gasteiger partial charge in [0.25, 0.3) is 0 Å². The first-order valence-electron chi connectivity index (χ1n) is 9.11. The molecule has 2 saturated heterocycles. The molecule has 5 rings (SSSR count). The van der Waals surface area contributed by atoms with E-state index in [4.69, 9.17) is 4.99 Å². The zero-order valence-electron chi connectivity index (χ0n) is 13.2. The summed E-state index contributed by atoms with van der Waals surface area (Å²) in [7, 11) is 0. The van der Waals surface area contributed by atoms with Crippen LogP contribution >= 0.6 is 0 Å². The Morgan fingerprint density at radius 3 is 2.45 bits per heavy atom. The average molecular weight is 288 g/mol. The van der Waals surface area contributed by atoms with Gasteiger partial charge in [-0.2, -0.15) is 11.6 Å². The molecule has 1 nitrogen and oxygen atoms in total. The SMILES string of the molecule is C1=CC2=C([N+]=C1)[B-]1(Cc3ccccc32)C2CCCC1CCC2. The molecule has 0 amide bonds. The first kappa shape index (κ1) is 12.9. The predicted octanol–water partition coefficient (Wildman–Crippen LogP) is 4.57. The van der Waals surface area contributed by atoms with E-state index in [0.29, 0.717) is 0 Å². The molecule has 1 spiro atoms. The molecule has 0 unspecified atom stereocenters. The molecule has 22 heavy (non-hydrogen) atoms. The molecular weight excluding hydrogens is 265 g/mol. The second-order valence-electron chi connectivity index (χ2n) is 7.88. The molecule has 111 valence electrons. The van der Waals surface area contributed by atoms with E-state index in [-0.39, 0.29) is 0 Å². The molecule has 2 fully saturated rings. The van der Waals surface area contributed by atoms with Crippen molar-refractivity contribution in [2.45, 2.75) is 56.5 Å². The zero-order chi connectivity index (χ0) is 14.6. The van der Waals surface area contributed by atoms with Gasteiger partial charge in [-0.15, -0.1) is 6.32 Å². The molecule has 1 radical (unpaired) electrons. The smallest absolute Gasteiger partial charge is 0.155 e. The first-order chi connectivity index (χ1) is 10.9. The van der Waals surface area contributed by atoms with Crippen LogP contribution in [0.2, 0.25) is 11.6 Å². The maximum absolute atomic E-state index is 5.01. The maximum atomic E-state index is 5.01. The summed E-state index contributed by atoms with van der Waals surface area (Å²) in [5, 5.41) is 0. The van der Waals surface area contributed by atoms with Gasteiger partial charge in [0.15, 0.2) is 0 Å². The van der Waals surface area contributed by atoms with Crippen molar-refractivity contribution < 1.29 is 0 Å². The summed E-state index contributed by atoms with van der Waals surface area (Å²) in [6, 6.07) is 9.08. The summed E-state index contributed by atoms with van der Waals surface area (Å²) in [4.78, 5) is 5.01. The summed E-state index contributed by atoms with van der Waals surface area (Å²) in [6.07, 6.45) is 15.9. The highest BCUT2D eigenvalue weighted by atomic mass is 14.7. The van der Waals surface area contributed by atoms with Crippen LogP contribution < -0.4 is 4.99 Å². The molecule has 4 aliphatic rings. The van der Waals surface area contributed by atoms with E-state index in [0.717, 1.165) is 11.6 Å². The molecule has 0 aliphatic carbocycles. The van der Waals surface area contributed by atoms with E-state index in [2.05, 4.69) is 36.4 Å². The number of aliphatic imine (C=N–C) groups is 1. The van der Waals surface area contributed by atoms with Crippen LogP contribution in [0.3, 0.4) is 0 Å². The van der Waals surface area contributed by atoms with Crippen molar-refractivity contribution in [3.8, 4) is 0 Å². The molecule has 2 heteroatoms. The van der Waals surface area contributed by atoms with Gasteiger partial charge >= 0.3 is 0 Å². The molecule has 1 aromatic rings. The molecule has 0 atom stereocenters. The molecule has 0 aromatic heterocycles. The fourth-order valence-corrected chi connectivity index (χ4v) is 6.42. The Hall–Kier alpha value is -1.57. The number of allylic oxidation sites excluding steroid dienone is 3. The Morgan fingerprint density at radius 1 is 0.955 bits per heavy atom. The van der Waals surface area contributed by atoms with Crippen LogP contribution in [0.5, 0.6) is 0 Å². The normalized spacial score (nSPS) is 35.5. The summed E-state index contributed by atoms with van der Waals surface area (Å²) >= 11 is 0. The standard InChI is InChI=1S/C20H23BN/c1-2-11-18-15(6-1)14-21(20-19(18)12-5-13-22-20)16-7-3-8-17(21)10-4-9-16/h1-2,5-6,11-13,16-17H,3-4,7-10,14H2. The minimum Gasteiger partial charge on any atom is -0.155 e. The van der Waals surface area contributed by atoms with Crippen molar-refractivity contribution in [1.29, 1.82) is 0 Å². The van der Waals surface area contributed by atoms with Crippen molar-refractivity contribution in [2.75, 3.05) is 0 Å². The van der Waals surface area contributed by atoms with Gasteiger partial charge in [-0.3, -0.25) is 0 Å². The average Bonchev–Trinajstić information content (AvgIpc) is 2.55. The van der Waals surface area contributed by atoms with Crippen LogP contribution in [0.25, 0.3) is 5.57 Å². The quantitative estimate of drug-likeness (QED) is 0.621. The van der Waals surface area contributed by atoms with Gasteiger partial charge in [0.2, 0.25) is 6.21 Å². The second-order valence-corrected chi connectivity index (χ2v) is 7.88. The summed E-state index contributed by atoms with van der Waals surface area (Å²) in [5.74, 6) is 1.82. The Bertz CT molecular complexity index is 690. The Kier molecular flexibility index (Phi) is 2.77. The van der Waals surface area contributed by atoms with Gasteiger partial charge in [-0.1, -0.05) is 68.4 Å². The number of hydrogen-bond acceptors (Lipinski definition) is 1. The zero-order valence-corrected chi connectivity index (χ0v) is 13.2. The van der Waals surface area contributed by atoms with Gasteiger partial charge in [-0.25, -0.2) is 0 Å². The topological polar surface area (TPSA) is 14.1 Å². The van der Waals surface area contributed by atoms with Gasteiger partial charge in [0.1, 0.15) is 6.15 Å². The lowest BCUT2D eigenvalue weighted by molar-refractivity contribution is 0.429. The lowest BCUT2D eigenvalue weighted by Gasteiger charge is -2.58. The summed E-state index contributed by atoms with van der Waals surface area (Å²) < 4.78 is 0. The fourth-order valence-electron chi connectivity index (χ4n) is 6.42. The van der Waals surface area contributed by atoms with E-state index >= 15 is 0 Å². The van der Waals surface area contributed by atoms with Gasteiger partial charge < -0.3 is 0 Å². The van der Waals surface area contributed by atoms with Gasteiger partial charge in [0.05, 0.1) is 5.60 Å². The van der Waals surface area contributed by atoms with E-state index in [9.17, 15) is 0 Å². The van der Waals surface area contributed by atoms with Crippen LogP contribution in [0, 0.1) is 0 Å². The molecule has 4 heterocycles. The Balaban J connectivity index is 1.78. The van der Waals surface area contributed by atoms with E-state index in [1.807, 2.05) is 6.21 Å². The van der Waals surface area contributed by atoms with Gasteiger partial charge in [0, 0.05) is 16.6 Å². The third-order valence-electron chi connectivity index (χ3n) is 7.19. The number of hydrogen-bond donors (Lipinski definition) is 0. The minimum absolute atomic E-state index is 0.490. The summed E-state index contributed by atoms with van der Waals surface area (Å²) in [5.41, 5.74) is 5.97. The largest absolute Gasteiger partial charge is 0.237 e. The van der Waals surface area contributed by atoms with Crippen LogP contribution in [-0.4, -0.2) is 12.4 Å². The third kappa shape index (κ3) is 1.59. The molecule has 0 saturated carbocycles. The monoisotopic (exact) mass is 288 g/mol. The third-order valence-corrected chi connectivity index (χ3v) is 7.19. The number of nitrogens with zero attached hydrogens (tertiary/aromatic N) is 1. The Morgan fingerprint density at radius 2 is 1.68 bits per heavy atom. The lowest BCUT2D eigenvalue weighted by atomic mass is 9.05. The van der Waals surface area contributed by atoms with Crippen molar-refractivity contribution >= 4 is 17.9 Å². The lowest BCUT2D eigenvalue weighted by Crippen LogP contribution is -2.56. The van der Waals surface area contributed by atoms with Crippen LogP contribution in [0.1, 0.15) is 49.7 Å². The summed E-state index contributed by atoms with van der Waals surface area (Å²) in [6.45, 7) is 0. The van der Waals surface area contributed by atoms with Crippen LogP contribution in [0.4, 0.5) is 0 Å². The molecule has 2 bridgehead atoms. The van der Waals surface area contributed by atoms with Gasteiger partial charge in [-0.05, 0) is 11.6 Å². The van der Waals surface area contributed by atoms with E-state index < -0.39 is 6.15 Å². The highest BCUT2D eigenvalue weighted by Crippen LogP contribution is 2.59. The number of benzene rings is 1. The van der Waals surface area contributed by atoms with Crippen LogP contribution in [-0.2, 0) is 6.32 Å². The van der Waals surface area contributed by atoms with Crippen molar-refractivity contribution in [2.24, 2.45) is 0 Å². The van der Waals surface area contributed by atoms with E-state index in [1.54, 1.807) is 5.56 Å².